The van der Waals surface area contributed by atoms with E-state index in [0.29, 0.717) is 22.9 Å². The summed E-state index contributed by atoms with van der Waals surface area (Å²) in [7, 11) is -0.328. The van der Waals surface area contributed by atoms with Gasteiger partial charge >= 0.3 is 0 Å². The van der Waals surface area contributed by atoms with Gasteiger partial charge in [0.2, 0.25) is 10.0 Å². The molecule has 4 nitrogen and oxygen atoms in total. The first-order valence-electron chi connectivity index (χ1n) is 6.35. The van der Waals surface area contributed by atoms with Crippen molar-refractivity contribution in [2.24, 2.45) is 0 Å². The van der Waals surface area contributed by atoms with Crippen molar-refractivity contribution in [1.82, 2.24) is 9.62 Å². The van der Waals surface area contributed by atoms with Gasteiger partial charge < -0.3 is 5.32 Å². The van der Waals surface area contributed by atoms with E-state index >= 15 is 0 Å². The Bertz CT molecular complexity index is 594. The first-order valence-corrected chi connectivity index (χ1v) is 9.94. The Balaban J connectivity index is 3.29. The van der Waals surface area contributed by atoms with E-state index in [1.807, 2.05) is 13.2 Å². The molecule has 120 valence electrons. The third kappa shape index (κ3) is 4.27. The highest BCUT2D eigenvalue weighted by Gasteiger charge is 2.28. The topological polar surface area (TPSA) is 49.4 Å². The summed E-state index contributed by atoms with van der Waals surface area (Å²) in [5.74, 6) is 0.713. The van der Waals surface area contributed by atoms with Gasteiger partial charge in [-0.05, 0) is 32.4 Å². The molecule has 0 amide bonds. The van der Waals surface area contributed by atoms with Crippen LogP contribution in [0.3, 0.4) is 0 Å². The molecule has 0 spiro atoms. The van der Waals surface area contributed by atoms with Crippen LogP contribution in [0.1, 0.15) is 12.5 Å². The number of nitrogens with one attached hydrogen (secondary N) is 1. The van der Waals surface area contributed by atoms with Gasteiger partial charge in [-0.1, -0.05) is 23.2 Å². The molecule has 0 aromatic heterocycles. The van der Waals surface area contributed by atoms with E-state index in [-0.39, 0.29) is 16.0 Å². The van der Waals surface area contributed by atoms with Gasteiger partial charge in [-0.2, -0.15) is 16.1 Å². The van der Waals surface area contributed by atoms with Gasteiger partial charge in [-0.15, -0.1) is 0 Å². The van der Waals surface area contributed by atoms with Crippen LogP contribution in [0, 0.1) is 0 Å². The van der Waals surface area contributed by atoms with Crippen LogP contribution in [0.25, 0.3) is 0 Å². The Labute approximate surface area is 141 Å². The van der Waals surface area contributed by atoms with Crippen molar-refractivity contribution in [2.75, 3.05) is 26.1 Å². The predicted molar refractivity (Wildman–Crippen MR) is 92.0 cm³/mol. The molecule has 0 saturated carbocycles. The molecule has 0 fully saturated rings. The van der Waals surface area contributed by atoms with E-state index in [2.05, 4.69) is 5.32 Å². The molecule has 1 N–H and O–H groups in total. The molecule has 1 aromatic carbocycles. The van der Waals surface area contributed by atoms with Crippen LogP contribution in [0.2, 0.25) is 10.0 Å². The van der Waals surface area contributed by atoms with Gasteiger partial charge in [-0.25, -0.2) is 8.42 Å². The van der Waals surface area contributed by atoms with Crippen molar-refractivity contribution in [3.05, 3.63) is 27.7 Å². The largest absolute Gasteiger partial charge is 0.316 e. The highest BCUT2D eigenvalue weighted by molar-refractivity contribution is 7.98. The smallest absolute Gasteiger partial charge is 0.244 e. The SMILES string of the molecule is CNCc1c(Cl)ccc(S(=O)(=O)N(C)C(C)CSC)c1Cl. The zero-order chi connectivity index (χ0) is 16.2. The second-order valence-electron chi connectivity index (χ2n) is 4.69. The number of halogens is 2. The average molecular weight is 371 g/mol. The zero-order valence-corrected chi connectivity index (χ0v) is 15.6. The maximum absolute atomic E-state index is 12.7. The van der Waals surface area contributed by atoms with E-state index in [1.54, 1.807) is 31.9 Å². The zero-order valence-electron chi connectivity index (χ0n) is 12.5. The van der Waals surface area contributed by atoms with E-state index in [4.69, 9.17) is 23.2 Å². The average Bonchev–Trinajstić information content (AvgIpc) is 2.42. The molecule has 1 rings (SSSR count). The second kappa shape index (κ2) is 8.04. The van der Waals surface area contributed by atoms with Crippen LogP contribution in [-0.2, 0) is 16.6 Å². The van der Waals surface area contributed by atoms with Crippen LogP contribution in [0.5, 0.6) is 0 Å². The molecule has 1 unspecified atom stereocenters. The van der Waals surface area contributed by atoms with E-state index in [0.717, 1.165) is 0 Å². The third-order valence-corrected chi connectivity index (χ3v) is 6.92. The summed E-state index contributed by atoms with van der Waals surface area (Å²) in [5, 5.41) is 3.57. The molecule has 0 saturated heterocycles. The monoisotopic (exact) mass is 370 g/mol. The summed E-state index contributed by atoms with van der Waals surface area (Å²) in [6.07, 6.45) is 1.94. The van der Waals surface area contributed by atoms with Crippen LogP contribution in [0.4, 0.5) is 0 Å². The molecule has 0 aliphatic rings. The second-order valence-corrected chi connectivity index (χ2v) is 8.36. The Morgan fingerprint density at radius 3 is 2.52 bits per heavy atom. The summed E-state index contributed by atoms with van der Waals surface area (Å²) in [5.41, 5.74) is 0.591. The molecule has 0 aliphatic carbocycles. The minimum atomic E-state index is -3.65. The van der Waals surface area contributed by atoms with Gasteiger partial charge in [0, 0.05) is 36.0 Å². The van der Waals surface area contributed by atoms with E-state index in [1.165, 1.54) is 10.4 Å². The number of nitrogens with zero attached hydrogens (tertiary/aromatic N) is 1. The number of benzene rings is 1. The first-order chi connectivity index (χ1) is 9.77. The maximum Gasteiger partial charge on any atom is 0.244 e. The lowest BCUT2D eigenvalue weighted by Crippen LogP contribution is -2.36. The van der Waals surface area contributed by atoms with Gasteiger partial charge in [0.15, 0.2) is 0 Å². The Kier molecular flexibility index (Phi) is 7.30. The number of hydrogen-bond acceptors (Lipinski definition) is 4. The molecule has 1 aromatic rings. The van der Waals surface area contributed by atoms with Crippen LogP contribution >= 0.6 is 35.0 Å². The number of hydrogen-bond donors (Lipinski definition) is 1. The molecule has 0 bridgehead atoms. The lowest BCUT2D eigenvalue weighted by atomic mass is 10.2. The highest BCUT2D eigenvalue weighted by atomic mass is 35.5. The van der Waals surface area contributed by atoms with Gasteiger partial charge in [0.25, 0.3) is 0 Å². The normalized spacial score (nSPS) is 13.7. The molecule has 0 radical (unpaired) electrons. The molecule has 0 aliphatic heterocycles. The van der Waals surface area contributed by atoms with Crippen molar-refractivity contribution in [3.8, 4) is 0 Å². The summed E-state index contributed by atoms with van der Waals surface area (Å²) in [4.78, 5) is 0.0919. The number of thioether (sulfide) groups is 1. The minimum absolute atomic E-state index is 0.0919. The lowest BCUT2D eigenvalue weighted by molar-refractivity contribution is 0.415. The van der Waals surface area contributed by atoms with Crippen LogP contribution in [0.15, 0.2) is 17.0 Å². The fraction of sp³-hybridized carbons (Fsp3) is 0.538. The number of sulfonamides is 1. The molecule has 1 atom stereocenters. The summed E-state index contributed by atoms with van der Waals surface area (Å²) in [6, 6.07) is 2.91. The Hall–Kier alpha value is 0.0200. The van der Waals surface area contributed by atoms with Crippen molar-refractivity contribution in [3.63, 3.8) is 0 Å². The fourth-order valence-electron chi connectivity index (χ4n) is 1.85. The molecule has 0 heterocycles. The summed E-state index contributed by atoms with van der Waals surface area (Å²) >= 11 is 14.0. The van der Waals surface area contributed by atoms with Crippen molar-refractivity contribution in [1.29, 1.82) is 0 Å². The molecular formula is C13H20Cl2N2O2S2. The van der Waals surface area contributed by atoms with Crippen LogP contribution < -0.4 is 5.32 Å². The first kappa shape index (κ1) is 19.1. The Morgan fingerprint density at radius 1 is 1.38 bits per heavy atom. The number of rotatable bonds is 7. The van der Waals surface area contributed by atoms with Crippen molar-refractivity contribution >= 4 is 45.0 Å². The van der Waals surface area contributed by atoms with Crippen molar-refractivity contribution in [2.45, 2.75) is 24.4 Å². The third-order valence-electron chi connectivity index (χ3n) is 3.19. The van der Waals surface area contributed by atoms with Crippen molar-refractivity contribution < 1.29 is 8.42 Å². The summed E-state index contributed by atoms with van der Waals surface area (Å²) < 4.78 is 26.8. The van der Waals surface area contributed by atoms with E-state index in [9.17, 15) is 8.42 Å². The van der Waals surface area contributed by atoms with Gasteiger partial charge in [-0.3, -0.25) is 0 Å². The Morgan fingerprint density at radius 2 is 2.00 bits per heavy atom. The fourth-order valence-corrected chi connectivity index (χ4v) is 4.90. The lowest BCUT2D eigenvalue weighted by Gasteiger charge is -2.24. The predicted octanol–water partition coefficient (Wildman–Crippen LogP) is 3.08. The molecular weight excluding hydrogens is 351 g/mol. The molecule has 21 heavy (non-hydrogen) atoms. The van der Waals surface area contributed by atoms with Gasteiger partial charge in [0.1, 0.15) is 4.90 Å². The van der Waals surface area contributed by atoms with Crippen LogP contribution in [-0.4, -0.2) is 44.9 Å². The van der Waals surface area contributed by atoms with Gasteiger partial charge in [0.05, 0.1) is 5.02 Å². The molecule has 8 heteroatoms. The quantitative estimate of drug-likeness (QED) is 0.800. The standard InChI is InChI=1S/C13H20Cl2N2O2S2/c1-9(8-20-4)17(3)21(18,19)12-6-5-11(14)10(7-16-2)13(12)15/h5-6,9,16H,7-8H2,1-4H3. The maximum atomic E-state index is 12.7. The summed E-state index contributed by atoms with van der Waals surface area (Å²) in [6.45, 7) is 2.28. The van der Waals surface area contributed by atoms with E-state index < -0.39 is 10.0 Å². The highest BCUT2D eigenvalue weighted by Crippen LogP contribution is 2.33. The minimum Gasteiger partial charge on any atom is -0.316 e.